The van der Waals surface area contributed by atoms with Gasteiger partial charge in [-0.2, -0.15) is 5.10 Å². The summed E-state index contributed by atoms with van der Waals surface area (Å²) in [5, 5.41) is 8.26. The molecule has 208 valence electrons. The summed E-state index contributed by atoms with van der Waals surface area (Å²) in [5.74, 6) is 0.254. The summed E-state index contributed by atoms with van der Waals surface area (Å²) in [6, 6.07) is 8.44. The minimum atomic E-state index is -0.231. The van der Waals surface area contributed by atoms with Crippen LogP contribution in [-0.2, 0) is 11.2 Å². The van der Waals surface area contributed by atoms with Crippen LogP contribution in [0.1, 0.15) is 79.2 Å². The third kappa shape index (κ3) is 4.86. The molecule has 1 saturated heterocycles. The summed E-state index contributed by atoms with van der Waals surface area (Å²) in [5.41, 5.74) is 5.65. The van der Waals surface area contributed by atoms with Crippen molar-refractivity contribution >= 4 is 17.5 Å². The van der Waals surface area contributed by atoms with Gasteiger partial charge in [-0.15, -0.1) is 0 Å². The molecule has 7 rings (SSSR count). The van der Waals surface area contributed by atoms with E-state index in [0.29, 0.717) is 11.6 Å². The third-order valence-corrected chi connectivity index (χ3v) is 9.87. The Hall–Kier alpha value is -3.19. The highest BCUT2D eigenvalue weighted by molar-refractivity contribution is 5.93. The quantitative estimate of drug-likeness (QED) is 0.622. The zero-order valence-electron chi connectivity index (χ0n) is 23.6. The predicted molar refractivity (Wildman–Crippen MR) is 156 cm³/mol. The van der Waals surface area contributed by atoms with Crippen LogP contribution in [0, 0.1) is 19.3 Å². The minimum absolute atomic E-state index is 0. The van der Waals surface area contributed by atoms with Crippen LogP contribution in [0.4, 0.5) is 0 Å². The maximum atomic E-state index is 13.6. The highest BCUT2D eigenvalue weighted by Gasteiger charge is 2.54. The fourth-order valence-corrected chi connectivity index (χ4v) is 6.94. The Kier molecular flexibility index (Phi) is 6.74. The lowest BCUT2D eigenvalue weighted by Gasteiger charge is -2.54. The number of benzene rings is 1. The van der Waals surface area contributed by atoms with E-state index in [0.717, 1.165) is 94.5 Å². The molecule has 5 aliphatic rings. The number of aryl methyl sites for hydroxylation is 3. The highest BCUT2D eigenvalue weighted by Crippen LogP contribution is 2.53. The Morgan fingerprint density at radius 3 is 2.36 bits per heavy atom. The predicted octanol–water partition coefficient (Wildman–Crippen LogP) is 4.73. The second kappa shape index (κ2) is 10.1. The van der Waals surface area contributed by atoms with E-state index < -0.39 is 0 Å². The number of carbonyl (C=O) groups is 2. The molecule has 7 heteroatoms. The van der Waals surface area contributed by atoms with E-state index in [-0.39, 0.29) is 18.3 Å². The van der Waals surface area contributed by atoms with Crippen molar-refractivity contribution in [3.8, 4) is 0 Å². The normalized spacial score (nSPS) is 28.3. The van der Waals surface area contributed by atoms with Crippen molar-refractivity contribution in [3.63, 3.8) is 0 Å². The van der Waals surface area contributed by atoms with E-state index >= 15 is 0 Å². The lowest BCUT2D eigenvalue weighted by Crippen LogP contribution is -2.61. The molecule has 3 saturated carbocycles. The monoisotopic (exact) mass is 529 g/mol. The summed E-state index contributed by atoms with van der Waals surface area (Å²) in [7, 11) is 2.12. The number of piperazine rings is 1. The molecule has 7 nitrogen and oxygen atoms in total. The van der Waals surface area contributed by atoms with Gasteiger partial charge in [0, 0.05) is 49.8 Å². The van der Waals surface area contributed by atoms with Crippen molar-refractivity contribution in [2.45, 2.75) is 70.8 Å². The first-order valence-electron chi connectivity index (χ1n) is 14.6. The number of allylic oxidation sites excluding steroid dienone is 3. The number of rotatable bonds is 4. The maximum Gasteiger partial charge on any atom is 0.272 e. The molecule has 3 heterocycles. The molecule has 1 aromatic carbocycles. The lowest BCUT2D eigenvalue weighted by atomic mass is 9.56. The number of aromatic nitrogens is 2. The van der Waals surface area contributed by atoms with E-state index in [1.54, 1.807) is 0 Å². The summed E-state index contributed by atoms with van der Waals surface area (Å²) in [6.45, 7) is 7.81. The number of hydrogen-bond acceptors (Lipinski definition) is 4. The first-order valence-corrected chi connectivity index (χ1v) is 14.6. The summed E-state index contributed by atoms with van der Waals surface area (Å²) in [6.07, 6.45) is 13.3. The van der Waals surface area contributed by atoms with Crippen molar-refractivity contribution in [2.75, 3.05) is 33.2 Å². The molecule has 0 unspecified atom stereocenters. The molecule has 0 atom stereocenters. The number of carbonyl (C=O) groups excluding carboxylic acids is 2. The second-order valence-corrected chi connectivity index (χ2v) is 12.4. The van der Waals surface area contributed by atoms with Crippen molar-refractivity contribution in [2.24, 2.45) is 5.41 Å². The molecule has 2 bridgehead atoms. The van der Waals surface area contributed by atoms with Gasteiger partial charge < -0.3 is 15.1 Å². The van der Waals surface area contributed by atoms with E-state index in [9.17, 15) is 9.59 Å². The molecule has 2 amide bonds. The topological polar surface area (TPSA) is 70.5 Å². The third-order valence-electron chi connectivity index (χ3n) is 9.87. The molecule has 0 spiro atoms. The van der Waals surface area contributed by atoms with E-state index in [1.807, 2.05) is 10.7 Å². The van der Waals surface area contributed by atoms with Gasteiger partial charge in [-0.25, -0.2) is 4.68 Å². The first kappa shape index (κ1) is 26.1. The van der Waals surface area contributed by atoms with E-state index in [1.165, 1.54) is 11.1 Å². The molecule has 2 aliphatic heterocycles. The molecule has 4 fully saturated rings. The van der Waals surface area contributed by atoms with Gasteiger partial charge in [0.05, 0.1) is 5.70 Å². The number of likely N-dealkylation sites (N-methyl/N-ethyl adjacent to an activating group) is 1. The van der Waals surface area contributed by atoms with Gasteiger partial charge in [-0.05, 0) is 102 Å². The molecule has 3 aliphatic carbocycles. The number of nitrogens with one attached hydrogen (secondary N) is 1. The fourth-order valence-electron chi connectivity index (χ4n) is 6.94. The Bertz CT molecular complexity index is 1330. The lowest BCUT2D eigenvalue weighted by molar-refractivity contribution is -0.151. The van der Waals surface area contributed by atoms with Crippen molar-refractivity contribution < 1.29 is 11.0 Å². The molecular weight excluding hydrogens is 486 g/mol. The van der Waals surface area contributed by atoms with Crippen LogP contribution < -0.4 is 5.32 Å². The van der Waals surface area contributed by atoms with Crippen LogP contribution in [0.15, 0.2) is 42.5 Å². The summed E-state index contributed by atoms with van der Waals surface area (Å²) >= 11 is 0. The van der Waals surface area contributed by atoms with Crippen LogP contribution in [0.3, 0.4) is 0 Å². The Balaban J connectivity index is 0.00000323. The Morgan fingerprint density at radius 1 is 0.949 bits per heavy atom. The molecular formula is C32H43N5O2. The van der Waals surface area contributed by atoms with E-state index in [2.05, 4.69) is 72.4 Å². The minimum Gasteiger partial charge on any atom is -0.345 e. The van der Waals surface area contributed by atoms with Crippen molar-refractivity contribution in [1.29, 1.82) is 0 Å². The van der Waals surface area contributed by atoms with Crippen LogP contribution >= 0.6 is 0 Å². The Labute approximate surface area is 233 Å². The molecule has 1 N–H and O–H groups in total. The maximum absolute atomic E-state index is 13.6. The number of amides is 2. The second-order valence-electron chi connectivity index (χ2n) is 12.4. The average molecular weight is 530 g/mol. The van der Waals surface area contributed by atoms with Gasteiger partial charge in [-0.3, -0.25) is 9.59 Å². The van der Waals surface area contributed by atoms with Crippen LogP contribution in [-0.4, -0.2) is 70.2 Å². The first-order chi connectivity index (χ1) is 18.8. The molecule has 0 radical (unpaired) electrons. The van der Waals surface area contributed by atoms with Crippen molar-refractivity contribution in [3.05, 3.63) is 70.6 Å². The highest BCUT2D eigenvalue weighted by atomic mass is 16.2. The fraction of sp³-hybridized carbons (Fsp3) is 0.531. The van der Waals surface area contributed by atoms with Crippen molar-refractivity contribution in [1.82, 2.24) is 24.9 Å². The molecule has 2 aromatic rings. The molecule has 39 heavy (non-hydrogen) atoms. The smallest absolute Gasteiger partial charge is 0.272 e. The summed E-state index contributed by atoms with van der Waals surface area (Å²) in [4.78, 5) is 31.5. The number of fused-ring (bicyclic) bond motifs is 4. The largest absolute Gasteiger partial charge is 0.345 e. The summed E-state index contributed by atoms with van der Waals surface area (Å²) < 4.78 is 1.96. The van der Waals surface area contributed by atoms with Gasteiger partial charge in [0.25, 0.3) is 5.91 Å². The van der Waals surface area contributed by atoms with Gasteiger partial charge >= 0.3 is 0 Å². The zero-order chi connectivity index (χ0) is 27.2. The van der Waals surface area contributed by atoms with Gasteiger partial charge in [0.1, 0.15) is 0 Å². The zero-order valence-corrected chi connectivity index (χ0v) is 23.6. The standard InChI is InChI=1S/C32H41N5O2.H2/c1-23-9-10-25(21-24(23)2)28-8-6-4-5-7-26-22-27(34-37(26)28)29(38)33-32-14-11-31(12-15-32,13-16-32)30(39)36-19-17-35(3)18-20-36;/h4,6,8-10,21-22H,5,7,11-20H2,1-3H3,(H,33,38);1H/b6-4?,28-8-;. The van der Waals surface area contributed by atoms with E-state index in [4.69, 9.17) is 5.10 Å². The van der Waals surface area contributed by atoms with Crippen LogP contribution in [0.25, 0.3) is 5.70 Å². The number of hydrogen-bond donors (Lipinski definition) is 1. The van der Waals surface area contributed by atoms with Crippen LogP contribution in [0.5, 0.6) is 0 Å². The average Bonchev–Trinajstić information content (AvgIpc) is 3.35. The SMILES string of the molecule is Cc1ccc(/C2=C/C=CCCc3cc(C(=O)NC45CCC(C(=O)N6CCN(C)CC6)(CC4)CC5)nn32)cc1C.[HH]. The van der Waals surface area contributed by atoms with Crippen LogP contribution in [0.2, 0.25) is 0 Å². The van der Waals surface area contributed by atoms with Gasteiger partial charge in [0.15, 0.2) is 5.69 Å². The number of nitrogens with zero attached hydrogens (tertiary/aromatic N) is 4. The van der Waals surface area contributed by atoms with Gasteiger partial charge in [-0.1, -0.05) is 24.3 Å². The van der Waals surface area contributed by atoms with Gasteiger partial charge in [0.2, 0.25) is 5.91 Å². The Morgan fingerprint density at radius 2 is 1.67 bits per heavy atom. The molecule has 1 aromatic heterocycles.